The number of carbonyl (C=O) groups is 1. The lowest BCUT2D eigenvalue weighted by Gasteiger charge is -2.23. The summed E-state index contributed by atoms with van der Waals surface area (Å²) in [5, 5.41) is 2.84. The van der Waals surface area contributed by atoms with Crippen LogP contribution in [0.15, 0.2) is 42.6 Å². The number of sulfone groups is 1. The van der Waals surface area contributed by atoms with Crippen LogP contribution < -0.4 is 5.32 Å². The van der Waals surface area contributed by atoms with Crippen LogP contribution in [0.4, 0.5) is 15.9 Å². The zero-order valence-corrected chi connectivity index (χ0v) is 14.5. The van der Waals surface area contributed by atoms with Crippen molar-refractivity contribution in [3.8, 4) is 0 Å². The van der Waals surface area contributed by atoms with E-state index in [-0.39, 0.29) is 29.1 Å². The van der Waals surface area contributed by atoms with E-state index in [1.165, 1.54) is 23.2 Å². The lowest BCUT2D eigenvalue weighted by molar-refractivity contribution is 0.0747. The van der Waals surface area contributed by atoms with Crippen molar-refractivity contribution in [3.63, 3.8) is 0 Å². The molecule has 132 valence electrons. The number of carbonyl (C=O) groups excluding carboxylic acids is 1. The van der Waals surface area contributed by atoms with E-state index in [1.54, 1.807) is 31.3 Å². The lowest BCUT2D eigenvalue weighted by atomic mass is 10.1. The fraction of sp³-hybridized carbons (Fsp3) is 0.294. The van der Waals surface area contributed by atoms with Gasteiger partial charge in [-0.05, 0) is 30.7 Å². The number of pyridine rings is 1. The minimum absolute atomic E-state index is 0.0132. The first-order chi connectivity index (χ1) is 11.9. The van der Waals surface area contributed by atoms with Crippen molar-refractivity contribution in [2.75, 3.05) is 23.9 Å². The maximum absolute atomic E-state index is 13.7. The van der Waals surface area contributed by atoms with Crippen LogP contribution in [0.3, 0.4) is 0 Å². The smallest absolute Gasteiger partial charge is 0.254 e. The lowest BCUT2D eigenvalue weighted by Crippen LogP contribution is -2.37. The maximum Gasteiger partial charge on any atom is 0.254 e. The number of para-hydroxylation sites is 1. The molecule has 0 aliphatic carbocycles. The van der Waals surface area contributed by atoms with Gasteiger partial charge >= 0.3 is 0 Å². The van der Waals surface area contributed by atoms with Crippen LogP contribution in [-0.4, -0.2) is 48.8 Å². The normalized spacial score (nSPS) is 18.7. The Morgan fingerprint density at radius 1 is 1.32 bits per heavy atom. The molecule has 1 aromatic heterocycles. The van der Waals surface area contributed by atoms with Crippen molar-refractivity contribution < 1.29 is 17.6 Å². The number of rotatable bonds is 4. The number of nitrogens with zero attached hydrogens (tertiary/aromatic N) is 2. The molecule has 1 fully saturated rings. The number of amides is 1. The summed E-state index contributed by atoms with van der Waals surface area (Å²) in [5.74, 6) is -0.286. The Labute approximate surface area is 145 Å². The summed E-state index contributed by atoms with van der Waals surface area (Å²) < 4.78 is 36.9. The molecule has 6 nitrogen and oxygen atoms in total. The Kier molecular flexibility index (Phi) is 4.71. The Hall–Kier alpha value is -2.48. The second-order valence-electron chi connectivity index (χ2n) is 6.01. The predicted molar refractivity (Wildman–Crippen MR) is 93.1 cm³/mol. The van der Waals surface area contributed by atoms with Crippen molar-refractivity contribution in [2.24, 2.45) is 0 Å². The second-order valence-corrected chi connectivity index (χ2v) is 8.24. The molecule has 0 bridgehead atoms. The highest BCUT2D eigenvalue weighted by Gasteiger charge is 2.33. The molecular formula is C17H18FN3O3S. The molecule has 1 unspecified atom stereocenters. The molecule has 25 heavy (non-hydrogen) atoms. The van der Waals surface area contributed by atoms with Gasteiger partial charge in [0.05, 0.1) is 17.2 Å². The monoisotopic (exact) mass is 363 g/mol. The topological polar surface area (TPSA) is 79.4 Å². The Morgan fingerprint density at radius 2 is 2.08 bits per heavy atom. The molecule has 3 rings (SSSR count). The van der Waals surface area contributed by atoms with Crippen molar-refractivity contribution in [1.29, 1.82) is 0 Å². The van der Waals surface area contributed by atoms with Gasteiger partial charge in [-0.1, -0.05) is 12.1 Å². The predicted octanol–water partition coefficient (Wildman–Crippen LogP) is 2.22. The van der Waals surface area contributed by atoms with Crippen LogP contribution in [-0.2, 0) is 9.84 Å². The third-order valence-corrected chi connectivity index (χ3v) is 5.97. The molecule has 1 aromatic carbocycles. The van der Waals surface area contributed by atoms with E-state index in [0.717, 1.165) is 0 Å². The zero-order chi connectivity index (χ0) is 18.0. The van der Waals surface area contributed by atoms with Crippen LogP contribution in [0.2, 0.25) is 0 Å². The summed E-state index contributed by atoms with van der Waals surface area (Å²) in [6, 6.07) is 8.91. The van der Waals surface area contributed by atoms with E-state index in [4.69, 9.17) is 0 Å². The summed E-state index contributed by atoms with van der Waals surface area (Å²) >= 11 is 0. The van der Waals surface area contributed by atoms with Gasteiger partial charge in [0.15, 0.2) is 9.84 Å². The van der Waals surface area contributed by atoms with Gasteiger partial charge in [-0.3, -0.25) is 4.79 Å². The van der Waals surface area contributed by atoms with E-state index in [0.29, 0.717) is 17.8 Å². The molecule has 1 amide bonds. The standard InChI is InChI=1S/C17H18FN3O3S/c1-21(13-7-9-25(23,24)11-13)17(22)12-6-8-19-16(10-12)20-15-5-3-2-4-14(15)18/h2-6,8,10,13H,7,9,11H2,1H3,(H,19,20). The molecule has 0 saturated carbocycles. The van der Waals surface area contributed by atoms with E-state index in [2.05, 4.69) is 10.3 Å². The number of nitrogens with one attached hydrogen (secondary N) is 1. The Balaban J connectivity index is 1.77. The van der Waals surface area contributed by atoms with Crippen LogP contribution in [0.5, 0.6) is 0 Å². The minimum atomic E-state index is -3.07. The van der Waals surface area contributed by atoms with Gasteiger partial charge in [0.1, 0.15) is 11.6 Å². The van der Waals surface area contributed by atoms with E-state index in [9.17, 15) is 17.6 Å². The number of aromatic nitrogens is 1. The fourth-order valence-electron chi connectivity index (χ4n) is 2.78. The van der Waals surface area contributed by atoms with Gasteiger partial charge in [0, 0.05) is 24.8 Å². The molecule has 1 atom stereocenters. The average molecular weight is 363 g/mol. The number of halogens is 1. The quantitative estimate of drug-likeness (QED) is 0.901. The van der Waals surface area contributed by atoms with Gasteiger partial charge in [-0.2, -0.15) is 0 Å². The summed E-state index contributed by atoms with van der Waals surface area (Å²) in [6.45, 7) is 0. The van der Waals surface area contributed by atoms with Gasteiger partial charge in [0.2, 0.25) is 0 Å². The fourth-order valence-corrected chi connectivity index (χ4v) is 4.56. The third-order valence-electron chi connectivity index (χ3n) is 4.22. The highest BCUT2D eigenvalue weighted by Crippen LogP contribution is 2.21. The van der Waals surface area contributed by atoms with Gasteiger partial charge in [-0.25, -0.2) is 17.8 Å². The largest absolute Gasteiger partial charge is 0.338 e. The zero-order valence-electron chi connectivity index (χ0n) is 13.6. The maximum atomic E-state index is 13.7. The molecule has 1 aliphatic heterocycles. The molecule has 1 N–H and O–H groups in total. The number of hydrogen-bond acceptors (Lipinski definition) is 5. The SMILES string of the molecule is CN(C(=O)c1ccnc(Nc2ccccc2F)c1)C1CCS(=O)(=O)C1. The Bertz CT molecular complexity index is 902. The Morgan fingerprint density at radius 3 is 2.76 bits per heavy atom. The third kappa shape index (κ3) is 3.96. The van der Waals surface area contributed by atoms with Gasteiger partial charge in [-0.15, -0.1) is 0 Å². The molecule has 1 aliphatic rings. The molecule has 1 saturated heterocycles. The van der Waals surface area contributed by atoms with E-state index in [1.807, 2.05) is 0 Å². The number of hydrogen-bond donors (Lipinski definition) is 1. The number of benzene rings is 1. The van der Waals surface area contributed by atoms with E-state index >= 15 is 0 Å². The van der Waals surface area contributed by atoms with Crippen molar-refractivity contribution in [3.05, 3.63) is 54.0 Å². The van der Waals surface area contributed by atoms with Crippen molar-refractivity contribution in [2.45, 2.75) is 12.5 Å². The van der Waals surface area contributed by atoms with Crippen LogP contribution in [0, 0.1) is 5.82 Å². The van der Waals surface area contributed by atoms with Crippen LogP contribution in [0.1, 0.15) is 16.8 Å². The molecule has 2 aromatic rings. The first kappa shape index (κ1) is 17.3. The minimum Gasteiger partial charge on any atom is -0.338 e. The highest BCUT2D eigenvalue weighted by atomic mass is 32.2. The summed E-state index contributed by atoms with van der Waals surface area (Å²) in [4.78, 5) is 18.2. The van der Waals surface area contributed by atoms with Crippen LogP contribution in [0.25, 0.3) is 0 Å². The van der Waals surface area contributed by atoms with Crippen molar-refractivity contribution in [1.82, 2.24) is 9.88 Å². The summed E-state index contributed by atoms with van der Waals surface area (Å²) in [6.07, 6.45) is 1.89. The first-order valence-electron chi connectivity index (χ1n) is 7.81. The van der Waals surface area contributed by atoms with E-state index < -0.39 is 15.7 Å². The molecule has 8 heteroatoms. The highest BCUT2D eigenvalue weighted by molar-refractivity contribution is 7.91. The molecular weight excluding hydrogens is 345 g/mol. The van der Waals surface area contributed by atoms with Gasteiger partial charge in [0.25, 0.3) is 5.91 Å². The second kappa shape index (κ2) is 6.79. The van der Waals surface area contributed by atoms with Gasteiger partial charge < -0.3 is 10.2 Å². The molecule has 2 heterocycles. The average Bonchev–Trinajstić information content (AvgIpc) is 2.96. The molecule has 0 radical (unpaired) electrons. The summed E-state index contributed by atoms with van der Waals surface area (Å²) in [7, 11) is -1.47. The van der Waals surface area contributed by atoms with Crippen molar-refractivity contribution >= 4 is 27.2 Å². The first-order valence-corrected chi connectivity index (χ1v) is 9.63. The van der Waals surface area contributed by atoms with Crippen LogP contribution >= 0.6 is 0 Å². The number of anilines is 2. The summed E-state index contributed by atoms with van der Waals surface area (Å²) in [5.41, 5.74) is 0.621. The molecule has 0 spiro atoms.